The maximum absolute atomic E-state index is 13.1. The first kappa shape index (κ1) is 72.1. The summed E-state index contributed by atoms with van der Waals surface area (Å²) >= 11 is 0. The van der Waals surface area contributed by atoms with E-state index in [1.807, 2.05) is 6.08 Å². The molecule has 0 aromatic heterocycles. The van der Waals surface area contributed by atoms with Crippen LogP contribution in [0.1, 0.15) is 271 Å². The molecule has 1 saturated heterocycles. The average Bonchev–Trinajstić information content (AvgIpc) is 3.43. The predicted molar refractivity (Wildman–Crippen MR) is 327 cm³/mol. The molecular weight excluding hydrogens is 959 g/mol. The van der Waals surface area contributed by atoms with Crippen LogP contribution in [0.25, 0.3) is 0 Å². The molecule has 1 aliphatic rings. The summed E-state index contributed by atoms with van der Waals surface area (Å²) in [5, 5.41) is 54.6. The third kappa shape index (κ3) is 45.5. The number of allylic oxidation sites excluding steroid dienone is 15. The molecule has 0 bridgehead atoms. The normalized spacial score (nSPS) is 19.4. The van der Waals surface area contributed by atoms with E-state index < -0.39 is 49.5 Å². The zero-order valence-corrected chi connectivity index (χ0v) is 49.4. The van der Waals surface area contributed by atoms with Crippen molar-refractivity contribution in [3.63, 3.8) is 0 Å². The molecule has 1 aliphatic heterocycles. The topological polar surface area (TPSA) is 149 Å². The first-order chi connectivity index (χ1) is 37.8. The first-order valence-corrected chi connectivity index (χ1v) is 32.0. The quantitative estimate of drug-likeness (QED) is 0.0261. The number of aliphatic hydroxyl groups excluding tert-OH is 5. The predicted octanol–water partition coefficient (Wildman–Crippen LogP) is 16.7. The standard InChI is InChI=1S/C68H119NO8/c1-3-5-7-9-11-13-15-17-19-21-23-24-25-26-27-28-29-30-31-32-33-34-35-36-37-38-40-42-44-46-48-50-52-54-56-58-64(72)69-61(60-76-68-67(75)66(74)65(73)63(59-70)77-68)62(71)57-55-53-51-49-47-45-43-41-39-22-20-18-16-14-12-10-8-6-4-2/h5,7,11,13,17,19,23-24,26-27,29-30,32-33,55,57,61-63,65-68,70-71,73-75H,3-4,6,8-10,12,14-16,18,20-22,25,28,31,34-54,56,58-60H2,1-2H3,(H,69,72)/b7-5-,13-11-,19-17-,24-23-,27-26-,30-29-,33-32-,57-55+. The van der Waals surface area contributed by atoms with Crippen LogP contribution in [-0.2, 0) is 14.3 Å². The molecule has 0 aromatic rings. The minimum atomic E-state index is -1.57. The lowest BCUT2D eigenvalue weighted by molar-refractivity contribution is -0.302. The van der Waals surface area contributed by atoms with E-state index in [-0.39, 0.29) is 12.5 Å². The van der Waals surface area contributed by atoms with Gasteiger partial charge in [0.25, 0.3) is 0 Å². The molecule has 1 amide bonds. The van der Waals surface area contributed by atoms with Crippen LogP contribution in [0.5, 0.6) is 0 Å². The summed E-state index contributed by atoms with van der Waals surface area (Å²) in [5.74, 6) is -0.179. The number of carbonyl (C=O) groups is 1. The van der Waals surface area contributed by atoms with Crippen molar-refractivity contribution in [2.45, 2.75) is 314 Å². The molecule has 1 heterocycles. The van der Waals surface area contributed by atoms with E-state index in [1.54, 1.807) is 6.08 Å². The first-order valence-electron chi connectivity index (χ1n) is 32.0. The van der Waals surface area contributed by atoms with Gasteiger partial charge in [-0.2, -0.15) is 0 Å². The van der Waals surface area contributed by atoms with Gasteiger partial charge < -0.3 is 40.3 Å². The third-order valence-electron chi connectivity index (χ3n) is 14.7. The summed E-state index contributed by atoms with van der Waals surface area (Å²) in [6.45, 7) is 3.68. The van der Waals surface area contributed by atoms with Crippen molar-refractivity contribution < 1.29 is 39.8 Å². The molecule has 0 radical (unpaired) electrons. The molecule has 0 aliphatic carbocycles. The Hall–Kier alpha value is -2.89. The molecule has 7 atom stereocenters. The maximum Gasteiger partial charge on any atom is 0.220 e. The number of unbranched alkanes of at least 4 members (excludes halogenated alkanes) is 30. The molecule has 444 valence electrons. The van der Waals surface area contributed by atoms with Crippen molar-refractivity contribution in [3.8, 4) is 0 Å². The second-order valence-corrected chi connectivity index (χ2v) is 21.8. The van der Waals surface area contributed by atoms with E-state index in [2.05, 4.69) is 104 Å². The minimum absolute atomic E-state index is 0.179. The second-order valence-electron chi connectivity index (χ2n) is 21.8. The number of rotatable bonds is 54. The fourth-order valence-electron chi connectivity index (χ4n) is 9.67. The number of hydrogen-bond donors (Lipinski definition) is 6. The lowest BCUT2D eigenvalue weighted by Gasteiger charge is -2.40. The van der Waals surface area contributed by atoms with Crippen molar-refractivity contribution in [2.24, 2.45) is 0 Å². The van der Waals surface area contributed by atoms with E-state index in [1.165, 1.54) is 167 Å². The van der Waals surface area contributed by atoms with Crippen LogP contribution in [0.4, 0.5) is 0 Å². The Bertz CT molecular complexity index is 1530. The van der Waals surface area contributed by atoms with Crippen molar-refractivity contribution in [2.75, 3.05) is 13.2 Å². The van der Waals surface area contributed by atoms with Crippen LogP contribution < -0.4 is 5.32 Å². The summed E-state index contributed by atoms with van der Waals surface area (Å²) in [6, 6.07) is -0.811. The Kier molecular flexibility index (Phi) is 52.8. The summed E-state index contributed by atoms with van der Waals surface area (Å²) in [4.78, 5) is 13.1. The largest absolute Gasteiger partial charge is 0.394 e. The summed E-state index contributed by atoms with van der Waals surface area (Å²) in [5.41, 5.74) is 0. The van der Waals surface area contributed by atoms with Crippen molar-refractivity contribution >= 4 is 5.91 Å². The number of carbonyl (C=O) groups excluding carboxylic acids is 1. The molecule has 9 nitrogen and oxygen atoms in total. The van der Waals surface area contributed by atoms with Gasteiger partial charge in [-0.1, -0.05) is 284 Å². The molecule has 6 N–H and O–H groups in total. The van der Waals surface area contributed by atoms with E-state index in [0.717, 1.165) is 83.5 Å². The molecule has 1 rings (SSSR count). The van der Waals surface area contributed by atoms with Crippen LogP contribution in [-0.4, -0.2) is 87.5 Å². The number of amides is 1. The van der Waals surface area contributed by atoms with E-state index in [0.29, 0.717) is 6.42 Å². The number of nitrogens with one attached hydrogen (secondary N) is 1. The van der Waals surface area contributed by atoms with E-state index in [9.17, 15) is 30.3 Å². The minimum Gasteiger partial charge on any atom is -0.394 e. The zero-order valence-electron chi connectivity index (χ0n) is 49.4. The van der Waals surface area contributed by atoms with Gasteiger partial charge in [-0.3, -0.25) is 4.79 Å². The van der Waals surface area contributed by atoms with Crippen LogP contribution in [0, 0.1) is 0 Å². The fourth-order valence-corrected chi connectivity index (χ4v) is 9.67. The highest BCUT2D eigenvalue weighted by atomic mass is 16.7. The molecule has 0 saturated carbocycles. The maximum atomic E-state index is 13.1. The molecule has 0 spiro atoms. The Labute approximate surface area is 473 Å². The van der Waals surface area contributed by atoms with Gasteiger partial charge in [-0.25, -0.2) is 0 Å². The second kappa shape index (κ2) is 56.4. The molecule has 9 heteroatoms. The van der Waals surface area contributed by atoms with Crippen LogP contribution in [0.2, 0.25) is 0 Å². The Balaban J connectivity index is 2.16. The Morgan fingerprint density at radius 2 is 0.805 bits per heavy atom. The van der Waals surface area contributed by atoms with Gasteiger partial charge in [0.2, 0.25) is 5.91 Å². The van der Waals surface area contributed by atoms with Crippen LogP contribution in [0.3, 0.4) is 0 Å². The van der Waals surface area contributed by atoms with Crippen LogP contribution >= 0.6 is 0 Å². The monoisotopic (exact) mass is 1080 g/mol. The number of ether oxygens (including phenoxy) is 2. The van der Waals surface area contributed by atoms with Gasteiger partial charge in [0.05, 0.1) is 25.4 Å². The number of aliphatic hydroxyl groups is 5. The van der Waals surface area contributed by atoms with Gasteiger partial charge in [0.15, 0.2) is 6.29 Å². The van der Waals surface area contributed by atoms with E-state index >= 15 is 0 Å². The average molecular weight is 1080 g/mol. The fraction of sp³-hybridized carbons (Fsp3) is 0.750. The van der Waals surface area contributed by atoms with Crippen molar-refractivity contribution in [1.29, 1.82) is 0 Å². The van der Waals surface area contributed by atoms with Gasteiger partial charge in [0.1, 0.15) is 24.4 Å². The Morgan fingerprint density at radius 1 is 0.455 bits per heavy atom. The molecular formula is C68H119NO8. The van der Waals surface area contributed by atoms with Crippen molar-refractivity contribution in [3.05, 3.63) is 97.2 Å². The third-order valence-corrected chi connectivity index (χ3v) is 14.7. The SMILES string of the molecule is CC/C=C\C/C=C\C/C=C\C/C=C\C/C=C\C/C=C\C/C=C\CCCCCCCCCCCCCCCC(=O)NC(COC1OC(CO)C(O)C(O)C1O)C(O)/C=C/CCCCCCCCCCCCCCCCCCC. The van der Waals surface area contributed by atoms with Crippen LogP contribution in [0.15, 0.2) is 97.2 Å². The van der Waals surface area contributed by atoms with Gasteiger partial charge in [-0.05, 0) is 77.0 Å². The Morgan fingerprint density at radius 3 is 1.19 bits per heavy atom. The summed E-state index contributed by atoms with van der Waals surface area (Å²) in [7, 11) is 0. The smallest absolute Gasteiger partial charge is 0.220 e. The lowest BCUT2D eigenvalue weighted by atomic mass is 9.99. The molecule has 0 aromatic carbocycles. The van der Waals surface area contributed by atoms with Gasteiger partial charge in [0, 0.05) is 6.42 Å². The summed E-state index contributed by atoms with van der Waals surface area (Å²) in [6.07, 6.45) is 74.8. The number of hydrogen-bond acceptors (Lipinski definition) is 8. The highest BCUT2D eigenvalue weighted by Gasteiger charge is 2.44. The highest BCUT2D eigenvalue weighted by molar-refractivity contribution is 5.76. The molecule has 1 fully saturated rings. The van der Waals surface area contributed by atoms with Gasteiger partial charge >= 0.3 is 0 Å². The molecule has 7 unspecified atom stereocenters. The zero-order chi connectivity index (χ0) is 55.8. The lowest BCUT2D eigenvalue weighted by Crippen LogP contribution is -2.60. The van der Waals surface area contributed by atoms with E-state index in [4.69, 9.17) is 9.47 Å². The van der Waals surface area contributed by atoms with Gasteiger partial charge in [-0.15, -0.1) is 0 Å². The molecule has 77 heavy (non-hydrogen) atoms. The van der Waals surface area contributed by atoms with Crippen molar-refractivity contribution in [1.82, 2.24) is 5.32 Å². The highest BCUT2D eigenvalue weighted by Crippen LogP contribution is 2.23. The summed E-state index contributed by atoms with van der Waals surface area (Å²) < 4.78 is 11.3.